The summed E-state index contributed by atoms with van der Waals surface area (Å²) < 4.78 is 0. The minimum absolute atomic E-state index is 0.0349. The molecular weight excluding hydrogens is 345 g/mol. The van der Waals surface area contributed by atoms with Gasteiger partial charge in [0.2, 0.25) is 12.1 Å². The Hall–Kier alpha value is -1.74. The van der Waals surface area contributed by atoms with Gasteiger partial charge in [0.05, 0.1) is 17.2 Å². The first-order chi connectivity index (χ1) is 12.5. The molecule has 1 aliphatic rings. The van der Waals surface area contributed by atoms with Crippen LogP contribution in [0.1, 0.15) is 57.1 Å². The van der Waals surface area contributed by atoms with Crippen LogP contribution in [0.2, 0.25) is 0 Å². The van der Waals surface area contributed by atoms with Gasteiger partial charge < -0.3 is 4.90 Å². The average molecular weight is 375 g/mol. The van der Waals surface area contributed by atoms with Crippen molar-refractivity contribution in [1.29, 1.82) is 0 Å². The van der Waals surface area contributed by atoms with Crippen molar-refractivity contribution in [2.75, 3.05) is 11.4 Å². The zero-order valence-electron chi connectivity index (χ0n) is 16.3. The Morgan fingerprint density at radius 3 is 2.58 bits per heavy atom. The van der Waals surface area contributed by atoms with Gasteiger partial charge in [0.25, 0.3) is 0 Å². The Morgan fingerprint density at radius 2 is 1.92 bits per heavy atom. The predicted molar refractivity (Wildman–Crippen MR) is 111 cm³/mol. The third-order valence-electron chi connectivity index (χ3n) is 4.79. The van der Waals surface area contributed by atoms with Crippen molar-refractivity contribution in [2.24, 2.45) is 4.99 Å². The number of hydrogen-bond acceptors (Lipinski definition) is 4. The molecule has 26 heavy (non-hydrogen) atoms. The molecule has 0 aromatic heterocycles. The molecule has 1 N–H and O–H groups in total. The normalized spacial score (nSPS) is 16.5. The molecule has 0 saturated carbocycles. The van der Waals surface area contributed by atoms with Crippen LogP contribution < -0.4 is 10.2 Å². The number of imide groups is 1. The van der Waals surface area contributed by atoms with E-state index in [4.69, 9.17) is 4.99 Å². The van der Waals surface area contributed by atoms with Gasteiger partial charge in [-0.1, -0.05) is 26.7 Å². The maximum atomic E-state index is 12.2. The van der Waals surface area contributed by atoms with Gasteiger partial charge in [-0.05, 0) is 56.4 Å². The van der Waals surface area contributed by atoms with Crippen LogP contribution in [0.25, 0.3) is 0 Å². The summed E-state index contributed by atoms with van der Waals surface area (Å²) in [5.41, 5.74) is 5.43. The number of carbonyl (C=O) groups is 2. The smallest absolute Gasteiger partial charge is 0.246 e. The number of hydrogen-bond donors (Lipinski definition) is 1. The second-order valence-electron chi connectivity index (χ2n) is 6.82. The Kier molecular flexibility index (Phi) is 7.77. The lowest BCUT2D eigenvalue weighted by Crippen LogP contribution is -2.42. The molecule has 1 heterocycles. The first-order valence-corrected chi connectivity index (χ1v) is 10.6. The number of rotatable bonds is 9. The molecule has 0 aliphatic carbocycles. The molecule has 1 aromatic carbocycles. The molecular formula is C20H30N3O2P. The highest BCUT2D eigenvalue weighted by Gasteiger charge is 2.31. The summed E-state index contributed by atoms with van der Waals surface area (Å²) in [7, 11) is -0.0349. The third kappa shape index (κ3) is 4.91. The van der Waals surface area contributed by atoms with Gasteiger partial charge in [-0.25, -0.2) is 0 Å². The van der Waals surface area contributed by atoms with Crippen molar-refractivity contribution in [3.8, 4) is 0 Å². The molecule has 2 amide bonds. The molecule has 142 valence electrons. The van der Waals surface area contributed by atoms with Crippen molar-refractivity contribution >= 4 is 37.7 Å². The number of amides is 2. The van der Waals surface area contributed by atoms with E-state index >= 15 is 0 Å². The lowest BCUT2D eigenvalue weighted by atomic mass is 10.0. The van der Waals surface area contributed by atoms with E-state index in [2.05, 4.69) is 50.0 Å². The minimum atomic E-state index is -0.219. The highest BCUT2D eigenvalue weighted by atomic mass is 31.1. The maximum Gasteiger partial charge on any atom is 0.246 e. The molecule has 5 nitrogen and oxygen atoms in total. The minimum Gasteiger partial charge on any atom is -0.357 e. The van der Waals surface area contributed by atoms with Crippen molar-refractivity contribution in [3.05, 3.63) is 23.3 Å². The lowest BCUT2D eigenvalue weighted by Gasteiger charge is -2.38. The number of nitrogens with zero attached hydrogens (tertiary/aromatic N) is 2. The van der Waals surface area contributed by atoms with Crippen molar-refractivity contribution in [2.45, 2.75) is 65.6 Å². The number of benzene rings is 1. The lowest BCUT2D eigenvalue weighted by molar-refractivity contribution is -0.108. The molecule has 0 spiro atoms. The van der Waals surface area contributed by atoms with E-state index in [1.54, 1.807) is 0 Å². The number of fused-ring (bicyclic) bond motifs is 1. The van der Waals surface area contributed by atoms with Gasteiger partial charge in [-0.3, -0.25) is 19.9 Å². The molecule has 2 unspecified atom stereocenters. The van der Waals surface area contributed by atoms with Gasteiger partial charge in [0.15, 0.2) is 0 Å². The number of aryl methyl sites for hydroxylation is 2. The number of anilines is 1. The summed E-state index contributed by atoms with van der Waals surface area (Å²) in [6.45, 7) is 9.45. The van der Waals surface area contributed by atoms with Crippen molar-refractivity contribution in [3.63, 3.8) is 0 Å². The maximum absolute atomic E-state index is 12.2. The SMILES string of the molecule is CCCCC1=Nc2cc(C)c(C)cc2N(CCCC)C1PC(=O)NC=O. The third-order valence-corrected chi connectivity index (χ3v) is 6.11. The van der Waals surface area contributed by atoms with Crippen LogP contribution in [0, 0.1) is 13.8 Å². The number of carbonyl (C=O) groups excluding carboxylic acids is 2. The Labute approximate surface area is 158 Å². The molecule has 0 fully saturated rings. The van der Waals surface area contributed by atoms with Gasteiger partial charge in [-0.15, -0.1) is 0 Å². The topological polar surface area (TPSA) is 61.8 Å². The number of unbranched alkanes of at least 4 members (excludes halogenated alkanes) is 2. The summed E-state index contributed by atoms with van der Waals surface area (Å²) in [6.07, 6.45) is 5.65. The summed E-state index contributed by atoms with van der Waals surface area (Å²) >= 11 is 0. The van der Waals surface area contributed by atoms with Gasteiger partial charge >= 0.3 is 0 Å². The molecule has 0 bridgehead atoms. The van der Waals surface area contributed by atoms with E-state index < -0.39 is 0 Å². The van der Waals surface area contributed by atoms with Crippen LogP contribution in [0.5, 0.6) is 0 Å². The standard InChI is InChI=1S/C20H30N3O2P/c1-5-7-9-16-19(26-20(25)21-13-24)23(10-8-6-2)18-12-15(4)14(3)11-17(18)22-16/h11-13,19,26H,5-10H2,1-4H3,(H,21,24,25). The Bertz CT molecular complexity index is 688. The monoisotopic (exact) mass is 375 g/mol. The second kappa shape index (κ2) is 9.82. The van der Waals surface area contributed by atoms with Crippen LogP contribution in [-0.2, 0) is 4.79 Å². The average Bonchev–Trinajstić information content (AvgIpc) is 2.61. The van der Waals surface area contributed by atoms with Gasteiger partial charge in [0.1, 0.15) is 0 Å². The summed E-state index contributed by atoms with van der Waals surface area (Å²) in [4.78, 5) is 30.1. The van der Waals surface area contributed by atoms with Crippen LogP contribution in [0.4, 0.5) is 16.2 Å². The molecule has 2 atom stereocenters. The zero-order chi connectivity index (χ0) is 19.1. The Balaban J connectivity index is 2.46. The summed E-state index contributed by atoms with van der Waals surface area (Å²) in [6, 6.07) is 4.34. The fourth-order valence-corrected chi connectivity index (χ4v) is 4.34. The Morgan fingerprint density at radius 1 is 1.23 bits per heavy atom. The highest BCUT2D eigenvalue weighted by molar-refractivity contribution is 7.59. The fraction of sp³-hybridized carbons (Fsp3) is 0.550. The van der Waals surface area contributed by atoms with E-state index in [0.29, 0.717) is 6.41 Å². The molecule has 6 heteroatoms. The molecule has 1 aromatic rings. The predicted octanol–water partition coefficient (Wildman–Crippen LogP) is 5.06. The molecule has 0 saturated heterocycles. The van der Waals surface area contributed by atoms with Crippen LogP contribution in [0.3, 0.4) is 0 Å². The van der Waals surface area contributed by atoms with Crippen LogP contribution in [0.15, 0.2) is 17.1 Å². The van der Waals surface area contributed by atoms with Crippen molar-refractivity contribution in [1.82, 2.24) is 5.32 Å². The zero-order valence-corrected chi connectivity index (χ0v) is 17.3. The number of nitrogens with one attached hydrogen (secondary N) is 1. The van der Waals surface area contributed by atoms with E-state index in [-0.39, 0.29) is 20.0 Å². The van der Waals surface area contributed by atoms with Crippen molar-refractivity contribution < 1.29 is 9.59 Å². The summed E-state index contributed by atoms with van der Waals surface area (Å²) in [5.74, 6) is -0.0531. The van der Waals surface area contributed by atoms with E-state index in [1.807, 2.05) is 0 Å². The largest absolute Gasteiger partial charge is 0.357 e. The quantitative estimate of drug-likeness (QED) is 0.485. The molecule has 2 rings (SSSR count). The first kappa shape index (κ1) is 20.6. The fourth-order valence-electron chi connectivity index (χ4n) is 3.15. The van der Waals surface area contributed by atoms with Crippen LogP contribution in [-0.4, -0.2) is 30.1 Å². The van der Waals surface area contributed by atoms with Crippen LogP contribution >= 0.6 is 8.58 Å². The van der Waals surface area contributed by atoms with Gasteiger partial charge in [0, 0.05) is 20.8 Å². The van der Waals surface area contributed by atoms with E-state index in [1.165, 1.54) is 11.1 Å². The highest BCUT2D eigenvalue weighted by Crippen LogP contribution is 2.42. The first-order valence-electron chi connectivity index (χ1n) is 9.47. The molecule has 1 aliphatic heterocycles. The van der Waals surface area contributed by atoms with Gasteiger partial charge in [-0.2, -0.15) is 0 Å². The summed E-state index contributed by atoms with van der Waals surface area (Å²) in [5, 5.41) is 2.30. The van der Waals surface area contributed by atoms with E-state index in [9.17, 15) is 9.59 Å². The molecule has 0 radical (unpaired) electrons. The second-order valence-corrected chi connectivity index (χ2v) is 8.11. The van der Waals surface area contributed by atoms with E-state index in [0.717, 1.165) is 55.7 Å². The number of aliphatic imine (C=N–C) groups is 1.